The van der Waals surface area contributed by atoms with Crippen molar-refractivity contribution in [3.05, 3.63) is 6.20 Å². The van der Waals surface area contributed by atoms with E-state index in [1.807, 2.05) is 0 Å². The van der Waals surface area contributed by atoms with E-state index >= 15 is 0 Å². The summed E-state index contributed by atoms with van der Waals surface area (Å²) in [4.78, 5) is 14.8. The van der Waals surface area contributed by atoms with Crippen molar-refractivity contribution in [3.8, 4) is 0 Å². The van der Waals surface area contributed by atoms with Gasteiger partial charge in [-0.3, -0.25) is 4.79 Å². The lowest BCUT2D eigenvalue weighted by molar-refractivity contribution is -0.114. The summed E-state index contributed by atoms with van der Waals surface area (Å²) in [6.07, 6.45) is 8.49. The lowest BCUT2D eigenvalue weighted by Crippen LogP contribution is -2.28. The third kappa shape index (κ3) is 6.17. The van der Waals surface area contributed by atoms with Crippen molar-refractivity contribution in [2.45, 2.75) is 55.8 Å². The van der Waals surface area contributed by atoms with Gasteiger partial charge in [0.1, 0.15) is 0 Å². The van der Waals surface area contributed by atoms with E-state index < -0.39 is 10.0 Å². The maximum absolute atomic E-state index is 12.1. The van der Waals surface area contributed by atoms with E-state index in [-0.39, 0.29) is 27.9 Å². The van der Waals surface area contributed by atoms with E-state index in [0.29, 0.717) is 6.61 Å². The first kappa shape index (κ1) is 18.3. The van der Waals surface area contributed by atoms with Gasteiger partial charge in [0.2, 0.25) is 5.91 Å². The first-order valence-corrected chi connectivity index (χ1v) is 10.1. The molecular formula is C14H23N3O4S2. The third-order valence-electron chi connectivity index (χ3n) is 3.58. The Morgan fingerprint density at radius 1 is 1.35 bits per heavy atom. The maximum atomic E-state index is 12.1. The molecule has 1 aliphatic rings. The number of hydrogen-bond donors (Lipinski definition) is 2. The van der Waals surface area contributed by atoms with Gasteiger partial charge in [0.05, 0.1) is 18.9 Å². The first-order chi connectivity index (χ1) is 11.0. The number of hydrogen-bond acceptors (Lipinski definition) is 6. The highest BCUT2D eigenvalue weighted by atomic mass is 32.2. The average molecular weight is 361 g/mol. The van der Waals surface area contributed by atoms with Gasteiger partial charge in [0.25, 0.3) is 10.0 Å². The van der Waals surface area contributed by atoms with Crippen molar-refractivity contribution in [3.63, 3.8) is 0 Å². The van der Waals surface area contributed by atoms with Crippen LogP contribution in [0.25, 0.3) is 0 Å². The van der Waals surface area contributed by atoms with Crippen LogP contribution in [0.3, 0.4) is 0 Å². The third-order valence-corrected chi connectivity index (χ3v) is 6.42. The minimum Gasteiger partial charge on any atom is -0.377 e. The molecule has 0 spiro atoms. The second-order valence-electron chi connectivity index (χ2n) is 5.55. The molecule has 0 radical (unpaired) electrons. The van der Waals surface area contributed by atoms with Crippen molar-refractivity contribution < 1.29 is 17.9 Å². The molecular weight excluding hydrogens is 338 g/mol. The molecule has 0 aromatic carbocycles. The minimum atomic E-state index is -3.61. The zero-order valence-electron chi connectivity index (χ0n) is 13.2. The number of nitrogens with zero attached hydrogens (tertiary/aromatic N) is 1. The van der Waals surface area contributed by atoms with Gasteiger partial charge in [-0.05, 0) is 12.8 Å². The predicted molar refractivity (Wildman–Crippen MR) is 89.0 cm³/mol. The molecule has 0 atom stereocenters. The fraction of sp³-hybridized carbons (Fsp3) is 0.714. The van der Waals surface area contributed by atoms with Crippen LogP contribution in [0.1, 0.15) is 45.4 Å². The lowest BCUT2D eigenvalue weighted by atomic mass is 10.1. The first-order valence-electron chi connectivity index (χ1n) is 7.82. The zero-order valence-corrected chi connectivity index (χ0v) is 14.8. The highest BCUT2D eigenvalue weighted by Crippen LogP contribution is 2.22. The topological polar surface area (TPSA) is 97.4 Å². The fourth-order valence-corrected chi connectivity index (χ4v) is 4.61. The van der Waals surface area contributed by atoms with Gasteiger partial charge in [-0.1, -0.05) is 37.0 Å². The number of carbonyl (C=O) groups is 1. The normalized spacial score (nSPS) is 16.9. The molecule has 0 aliphatic heterocycles. The molecule has 0 saturated heterocycles. The highest BCUT2D eigenvalue weighted by molar-refractivity contribution is 7.91. The summed E-state index contributed by atoms with van der Waals surface area (Å²) in [5.41, 5.74) is 0. The molecule has 1 aliphatic carbocycles. The monoisotopic (exact) mass is 361 g/mol. The Morgan fingerprint density at radius 3 is 2.70 bits per heavy atom. The van der Waals surface area contributed by atoms with Crippen LogP contribution in [0.2, 0.25) is 0 Å². The highest BCUT2D eigenvalue weighted by Gasteiger charge is 2.18. The van der Waals surface area contributed by atoms with Gasteiger partial charge < -0.3 is 10.1 Å². The van der Waals surface area contributed by atoms with Crippen LogP contribution in [0.4, 0.5) is 5.13 Å². The minimum absolute atomic E-state index is 0.0794. The van der Waals surface area contributed by atoms with Gasteiger partial charge in [-0.15, -0.1) is 0 Å². The number of rotatable bonds is 7. The molecule has 1 aromatic heterocycles. The summed E-state index contributed by atoms with van der Waals surface area (Å²) in [7, 11) is -3.61. The summed E-state index contributed by atoms with van der Waals surface area (Å²) in [6, 6.07) is 0. The van der Waals surface area contributed by atoms with E-state index in [4.69, 9.17) is 4.74 Å². The Labute approximate surface area is 140 Å². The summed E-state index contributed by atoms with van der Waals surface area (Å²) in [5.74, 6) is -0.284. The molecule has 9 heteroatoms. The smallest absolute Gasteiger partial charge is 0.251 e. The van der Waals surface area contributed by atoms with Gasteiger partial charge >= 0.3 is 0 Å². The predicted octanol–water partition coefficient (Wildman–Crippen LogP) is 2.12. The largest absolute Gasteiger partial charge is 0.377 e. The molecule has 130 valence electrons. The zero-order chi connectivity index (χ0) is 16.7. The van der Waals surface area contributed by atoms with E-state index in [2.05, 4.69) is 15.0 Å². The second kappa shape index (κ2) is 8.72. The molecule has 1 saturated carbocycles. The summed E-state index contributed by atoms with van der Waals surface area (Å²) in [5, 5.41) is 2.74. The number of thiazole rings is 1. The SMILES string of the molecule is CC(=O)Nc1ncc(S(=O)(=O)NCCOC2CCCCCC2)s1. The molecule has 23 heavy (non-hydrogen) atoms. The van der Waals surface area contributed by atoms with Crippen LogP contribution in [0.5, 0.6) is 0 Å². The van der Waals surface area contributed by atoms with Crippen molar-refractivity contribution in [2.75, 3.05) is 18.5 Å². The van der Waals surface area contributed by atoms with Gasteiger partial charge in [0, 0.05) is 13.5 Å². The van der Waals surface area contributed by atoms with Crippen LogP contribution in [0, 0.1) is 0 Å². The van der Waals surface area contributed by atoms with Crippen LogP contribution >= 0.6 is 11.3 Å². The number of aromatic nitrogens is 1. The van der Waals surface area contributed by atoms with Gasteiger partial charge in [-0.25, -0.2) is 18.1 Å². The Hall–Kier alpha value is -1.03. The molecule has 2 rings (SSSR count). The van der Waals surface area contributed by atoms with Crippen molar-refractivity contribution in [2.24, 2.45) is 0 Å². The molecule has 2 N–H and O–H groups in total. The Bertz CT molecular complexity index is 607. The standard InChI is InChI=1S/C14H23N3O4S2/c1-11(18)17-14-15-10-13(22-14)23(19,20)16-8-9-21-12-6-4-2-3-5-7-12/h10,12,16H,2-9H2,1H3,(H,15,17,18). The molecule has 0 unspecified atom stereocenters. The summed E-state index contributed by atoms with van der Waals surface area (Å²) in [6.45, 7) is 1.94. The molecule has 7 nitrogen and oxygen atoms in total. The number of carbonyl (C=O) groups excluding carboxylic acids is 1. The van der Waals surface area contributed by atoms with Crippen molar-refractivity contribution >= 4 is 32.4 Å². The van der Waals surface area contributed by atoms with Crippen molar-refractivity contribution in [1.82, 2.24) is 9.71 Å². The van der Waals surface area contributed by atoms with Gasteiger partial charge in [-0.2, -0.15) is 0 Å². The molecule has 0 bridgehead atoms. The van der Waals surface area contributed by atoms with Crippen molar-refractivity contribution in [1.29, 1.82) is 0 Å². The number of nitrogens with one attached hydrogen (secondary N) is 2. The Morgan fingerprint density at radius 2 is 2.04 bits per heavy atom. The lowest BCUT2D eigenvalue weighted by Gasteiger charge is -2.15. The van der Waals surface area contributed by atoms with E-state index in [1.54, 1.807) is 0 Å². The van der Waals surface area contributed by atoms with Crippen LogP contribution in [0.15, 0.2) is 10.4 Å². The Balaban J connectivity index is 1.77. The quantitative estimate of drug-likeness (QED) is 0.573. The number of amides is 1. The molecule has 1 fully saturated rings. The summed E-state index contributed by atoms with van der Waals surface area (Å²) < 4.78 is 32.6. The fourth-order valence-electron chi connectivity index (χ4n) is 2.47. The summed E-state index contributed by atoms with van der Waals surface area (Å²) >= 11 is 0.923. The Kier molecular flexibility index (Phi) is 6.94. The average Bonchev–Trinajstić information content (AvgIpc) is 2.80. The maximum Gasteiger partial charge on any atom is 0.251 e. The molecule has 1 heterocycles. The van der Waals surface area contributed by atoms with Crippen LogP contribution in [-0.4, -0.2) is 38.6 Å². The van der Waals surface area contributed by atoms with E-state index in [9.17, 15) is 13.2 Å². The molecule has 1 aromatic rings. The second-order valence-corrected chi connectivity index (χ2v) is 8.57. The van der Waals surface area contributed by atoms with Gasteiger partial charge in [0.15, 0.2) is 9.34 Å². The number of ether oxygens (including phenoxy) is 1. The molecule has 1 amide bonds. The van der Waals surface area contributed by atoms with E-state index in [0.717, 1.165) is 24.2 Å². The number of sulfonamides is 1. The van der Waals surface area contributed by atoms with E-state index in [1.165, 1.54) is 38.8 Å². The van der Waals surface area contributed by atoms with Crippen LogP contribution < -0.4 is 10.0 Å². The number of anilines is 1. The van der Waals surface area contributed by atoms with Crippen LogP contribution in [-0.2, 0) is 19.6 Å².